The number of rotatable bonds is 6. The zero-order valence-electron chi connectivity index (χ0n) is 10.6. The minimum Gasteiger partial charge on any atom is -0.493 e. The molecule has 1 unspecified atom stereocenters. The lowest BCUT2D eigenvalue weighted by atomic mass is 9.90. The van der Waals surface area contributed by atoms with Crippen LogP contribution in [0.15, 0.2) is 16.4 Å². The number of carbonyl (C=O) groups is 1. The van der Waals surface area contributed by atoms with Gasteiger partial charge in [-0.3, -0.25) is 9.79 Å². The van der Waals surface area contributed by atoms with Crippen molar-refractivity contribution in [2.24, 2.45) is 16.6 Å². The Morgan fingerprint density at radius 2 is 2.28 bits per heavy atom. The Hall–Kier alpha value is -1.56. The Balaban J connectivity index is 2.67. The van der Waals surface area contributed by atoms with Crippen LogP contribution in [0.25, 0.3) is 0 Å². The molecule has 0 heterocycles. The van der Waals surface area contributed by atoms with Crippen molar-refractivity contribution >= 4 is 11.7 Å². The first-order valence-corrected chi connectivity index (χ1v) is 5.97. The second-order valence-electron chi connectivity index (χ2n) is 4.34. The summed E-state index contributed by atoms with van der Waals surface area (Å²) in [5.74, 6) is -0.175. The van der Waals surface area contributed by atoms with Crippen molar-refractivity contribution in [1.29, 1.82) is 0 Å². The molecule has 6 nitrogen and oxygen atoms in total. The lowest BCUT2D eigenvalue weighted by Gasteiger charge is -2.24. The number of nitrogens with two attached hydrogens (primary N) is 1. The average Bonchev–Trinajstić information content (AvgIpc) is 2.33. The number of hydrogen-bond donors (Lipinski definition) is 3. The fraction of sp³-hybridized carbons (Fsp3) is 0.667. The zero-order chi connectivity index (χ0) is 13.5. The van der Waals surface area contributed by atoms with E-state index in [-0.39, 0.29) is 18.9 Å². The summed E-state index contributed by atoms with van der Waals surface area (Å²) < 4.78 is 5.21. The summed E-state index contributed by atoms with van der Waals surface area (Å²) in [6, 6.07) is 0. The van der Waals surface area contributed by atoms with Gasteiger partial charge in [-0.2, -0.15) is 0 Å². The lowest BCUT2D eigenvalue weighted by Crippen LogP contribution is -2.26. The van der Waals surface area contributed by atoms with Crippen molar-refractivity contribution in [2.75, 3.05) is 20.3 Å². The molecule has 0 saturated carbocycles. The van der Waals surface area contributed by atoms with Gasteiger partial charge in [-0.15, -0.1) is 0 Å². The van der Waals surface area contributed by atoms with Gasteiger partial charge >= 0.3 is 5.97 Å². The lowest BCUT2D eigenvalue weighted by molar-refractivity contribution is -0.137. The van der Waals surface area contributed by atoms with Crippen molar-refractivity contribution in [3.8, 4) is 0 Å². The fourth-order valence-electron chi connectivity index (χ4n) is 1.99. The molecule has 6 heteroatoms. The van der Waals surface area contributed by atoms with Crippen LogP contribution in [0.4, 0.5) is 0 Å². The number of carboxylic acids is 1. The SMILES string of the molecule is COC1=C(N)CC(CO)CC1=NCCCC(=O)O. The Morgan fingerprint density at radius 3 is 2.83 bits per heavy atom. The molecule has 0 spiro atoms. The minimum absolute atomic E-state index is 0.0613. The average molecular weight is 256 g/mol. The zero-order valence-corrected chi connectivity index (χ0v) is 10.6. The molecule has 0 radical (unpaired) electrons. The maximum absolute atomic E-state index is 10.4. The molecule has 0 saturated heterocycles. The van der Waals surface area contributed by atoms with E-state index in [1.807, 2.05) is 0 Å². The molecule has 0 amide bonds. The number of allylic oxidation sites excluding steroid dienone is 2. The Kier molecular flexibility index (Phi) is 5.64. The molecule has 0 fully saturated rings. The highest BCUT2D eigenvalue weighted by atomic mass is 16.5. The number of aliphatic imine (C=N–C) groups is 1. The molecule has 1 rings (SSSR count). The molecule has 0 aromatic carbocycles. The number of hydrogen-bond acceptors (Lipinski definition) is 5. The largest absolute Gasteiger partial charge is 0.493 e. The second-order valence-corrected chi connectivity index (χ2v) is 4.34. The van der Waals surface area contributed by atoms with Gasteiger partial charge in [-0.1, -0.05) is 0 Å². The number of methoxy groups -OCH3 is 1. The second kappa shape index (κ2) is 7.00. The van der Waals surface area contributed by atoms with Crippen LogP contribution in [0, 0.1) is 5.92 Å². The topological polar surface area (TPSA) is 105 Å². The van der Waals surface area contributed by atoms with E-state index >= 15 is 0 Å². The van der Waals surface area contributed by atoms with E-state index in [0.717, 1.165) is 5.71 Å². The highest BCUT2D eigenvalue weighted by Gasteiger charge is 2.24. The van der Waals surface area contributed by atoms with Crippen LogP contribution in [0.1, 0.15) is 25.7 Å². The third kappa shape index (κ3) is 4.03. The quantitative estimate of drug-likeness (QED) is 0.600. The normalized spacial score (nSPS) is 22.3. The molecule has 18 heavy (non-hydrogen) atoms. The van der Waals surface area contributed by atoms with Gasteiger partial charge < -0.3 is 20.7 Å². The van der Waals surface area contributed by atoms with Crippen LogP contribution in [-0.4, -0.2) is 42.2 Å². The first-order valence-electron chi connectivity index (χ1n) is 5.97. The maximum Gasteiger partial charge on any atom is 0.303 e. The smallest absolute Gasteiger partial charge is 0.303 e. The monoisotopic (exact) mass is 256 g/mol. The van der Waals surface area contributed by atoms with Gasteiger partial charge in [0.1, 0.15) is 0 Å². The van der Waals surface area contributed by atoms with Crippen molar-refractivity contribution < 1.29 is 19.7 Å². The van der Waals surface area contributed by atoms with Crippen molar-refractivity contribution in [2.45, 2.75) is 25.7 Å². The van der Waals surface area contributed by atoms with Gasteiger partial charge in [-0.25, -0.2) is 0 Å². The van der Waals surface area contributed by atoms with Crippen molar-refractivity contribution in [1.82, 2.24) is 0 Å². The summed E-state index contributed by atoms with van der Waals surface area (Å²) in [5, 5.41) is 17.7. The predicted molar refractivity (Wildman–Crippen MR) is 67.2 cm³/mol. The number of ether oxygens (including phenoxy) is 1. The van der Waals surface area contributed by atoms with Gasteiger partial charge in [0.05, 0.1) is 18.5 Å². The summed E-state index contributed by atoms with van der Waals surface area (Å²) in [4.78, 5) is 14.7. The van der Waals surface area contributed by atoms with E-state index < -0.39 is 5.97 Å². The first kappa shape index (κ1) is 14.5. The maximum atomic E-state index is 10.4. The van der Waals surface area contributed by atoms with E-state index in [9.17, 15) is 9.90 Å². The van der Waals surface area contributed by atoms with E-state index in [4.69, 9.17) is 15.6 Å². The summed E-state index contributed by atoms with van der Waals surface area (Å²) in [6.07, 6.45) is 1.81. The first-order chi connectivity index (χ1) is 8.58. The van der Waals surface area contributed by atoms with Crippen LogP contribution in [0.2, 0.25) is 0 Å². The highest BCUT2D eigenvalue weighted by Crippen LogP contribution is 2.25. The summed E-state index contributed by atoms with van der Waals surface area (Å²) >= 11 is 0. The summed E-state index contributed by atoms with van der Waals surface area (Å²) in [6.45, 7) is 0.492. The molecule has 1 atom stereocenters. The molecular formula is C12H20N2O4. The molecule has 102 valence electrons. The van der Waals surface area contributed by atoms with Crippen LogP contribution in [-0.2, 0) is 9.53 Å². The van der Waals surface area contributed by atoms with Gasteiger partial charge in [0.15, 0.2) is 5.76 Å². The van der Waals surface area contributed by atoms with Crippen molar-refractivity contribution in [3.63, 3.8) is 0 Å². The van der Waals surface area contributed by atoms with Gasteiger partial charge in [0.2, 0.25) is 0 Å². The third-order valence-corrected chi connectivity index (χ3v) is 2.86. The fourth-order valence-corrected chi connectivity index (χ4v) is 1.99. The van der Waals surface area contributed by atoms with Crippen LogP contribution in [0.5, 0.6) is 0 Å². The Morgan fingerprint density at radius 1 is 1.56 bits per heavy atom. The molecule has 0 aliphatic heterocycles. The van der Waals surface area contributed by atoms with E-state index in [1.54, 1.807) is 0 Å². The van der Waals surface area contributed by atoms with E-state index in [2.05, 4.69) is 4.99 Å². The van der Waals surface area contributed by atoms with Gasteiger partial charge in [0.25, 0.3) is 0 Å². The number of aliphatic carboxylic acids is 1. The van der Waals surface area contributed by atoms with Crippen LogP contribution < -0.4 is 5.73 Å². The molecule has 0 aromatic heterocycles. The number of carboxylic acid groups (broad SMARTS) is 1. The molecule has 0 bridgehead atoms. The Labute approximate surface area is 106 Å². The van der Waals surface area contributed by atoms with E-state index in [1.165, 1.54) is 7.11 Å². The van der Waals surface area contributed by atoms with Crippen molar-refractivity contribution in [3.05, 3.63) is 11.5 Å². The van der Waals surface area contributed by atoms with Crippen LogP contribution in [0.3, 0.4) is 0 Å². The van der Waals surface area contributed by atoms with Gasteiger partial charge in [-0.05, 0) is 25.2 Å². The Bertz CT molecular complexity index is 363. The number of aliphatic hydroxyl groups excluding tert-OH is 1. The molecule has 1 aliphatic rings. The summed E-state index contributed by atoms with van der Waals surface area (Å²) in [5.41, 5.74) is 7.19. The summed E-state index contributed by atoms with van der Waals surface area (Å²) in [7, 11) is 1.54. The number of nitrogens with zero attached hydrogens (tertiary/aromatic N) is 1. The van der Waals surface area contributed by atoms with Crippen LogP contribution >= 0.6 is 0 Å². The molecule has 1 aliphatic carbocycles. The molecular weight excluding hydrogens is 236 g/mol. The standard InChI is InChI=1S/C12H20N2O4/c1-18-12-9(13)5-8(7-15)6-10(12)14-4-2-3-11(16)17/h8,15H,2-7,13H2,1H3,(H,16,17). The van der Waals surface area contributed by atoms with Gasteiger partial charge in [0, 0.05) is 19.6 Å². The molecule has 0 aromatic rings. The minimum atomic E-state index is -0.825. The number of aliphatic hydroxyl groups is 1. The van der Waals surface area contributed by atoms with E-state index in [0.29, 0.717) is 37.3 Å². The predicted octanol–water partition coefficient (Wildman–Crippen LogP) is 0.511. The molecule has 4 N–H and O–H groups in total. The third-order valence-electron chi connectivity index (χ3n) is 2.86. The highest BCUT2D eigenvalue weighted by molar-refractivity contribution is 6.00.